The van der Waals surface area contributed by atoms with Gasteiger partial charge in [0, 0.05) is 0 Å². The van der Waals surface area contributed by atoms with Crippen LogP contribution in [0.15, 0.2) is 24.3 Å². The molecule has 0 radical (unpaired) electrons. The van der Waals surface area contributed by atoms with E-state index in [1.807, 2.05) is 12.1 Å². The maximum Gasteiger partial charge on any atom is 0.325 e. The first-order chi connectivity index (χ1) is 10.4. The van der Waals surface area contributed by atoms with E-state index in [0.29, 0.717) is 12.4 Å². The van der Waals surface area contributed by atoms with Crippen molar-refractivity contribution in [2.45, 2.75) is 32.7 Å². The standard InChI is InChI=1S/C16H22N2O4/c1-4-10-21-12-5-7-13(8-6-12)22-11-9-18-14(19)16(2,3)17-15(18)20/h5-8H,4,9-11H2,1-3H3,(H,17,20). The van der Waals surface area contributed by atoms with Gasteiger partial charge in [0.05, 0.1) is 13.2 Å². The van der Waals surface area contributed by atoms with Gasteiger partial charge in [0.25, 0.3) is 5.91 Å². The lowest BCUT2D eigenvalue weighted by molar-refractivity contribution is -0.130. The van der Waals surface area contributed by atoms with Gasteiger partial charge in [-0.15, -0.1) is 0 Å². The minimum atomic E-state index is -0.838. The molecule has 0 unspecified atom stereocenters. The summed E-state index contributed by atoms with van der Waals surface area (Å²) in [6.07, 6.45) is 0.959. The third-order valence-electron chi connectivity index (χ3n) is 3.32. The van der Waals surface area contributed by atoms with Gasteiger partial charge < -0.3 is 14.8 Å². The lowest BCUT2D eigenvalue weighted by Gasteiger charge is -2.16. The molecule has 0 spiro atoms. The van der Waals surface area contributed by atoms with Gasteiger partial charge in [0.2, 0.25) is 0 Å². The normalized spacial score (nSPS) is 16.6. The van der Waals surface area contributed by atoms with Gasteiger partial charge in [-0.1, -0.05) is 6.92 Å². The Balaban J connectivity index is 1.81. The van der Waals surface area contributed by atoms with Crippen LogP contribution in [0.3, 0.4) is 0 Å². The largest absolute Gasteiger partial charge is 0.494 e. The van der Waals surface area contributed by atoms with E-state index in [4.69, 9.17) is 9.47 Å². The highest BCUT2D eigenvalue weighted by Gasteiger charge is 2.43. The van der Waals surface area contributed by atoms with Gasteiger partial charge in [-0.3, -0.25) is 9.69 Å². The summed E-state index contributed by atoms with van der Waals surface area (Å²) in [5.41, 5.74) is -0.838. The molecular weight excluding hydrogens is 284 g/mol. The summed E-state index contributed by atoms with van der Waals surface area (Å²) in [6, 6.07) is 6.91. The van der Waals surface area contributed by atoms with Crippen LogP contribution in [0.1, 0.15) is 27.2 Å². The van der Waals surface area contributed by atoms with Crippen LogP contribution in [0, 0.1) is 0 Å². The van der Waals surface area contributed by atoms with Gasteiger partial charge in [0.15, 0.2) is 0 Å². The predicted molar refractivity (Wildman–Crippen MR) is 82.0 cm³/mol. The first kappa shape index (κ1) is 16.1. The molecular formula is C16H22N2O4. The molecule has 0 bridgehead atoms. The summed E-state index contributed by atoms with van der Waals surface area (Å²) in [7, 11) is 0. The Labute approximate surface area is 130 Å². The number of benzene rings is 1. The lowest BCUT2D eigenvalue weighted by atomic mass is 10.1. The summed E-state index contributed by atoms with van der Waals surface area (Å²) in [4.78, 5) is 24.9. The van der Waals surface area contributed by atoms with E-state index in [1.54, 1.807) is 26.0 Å². The molecule has 1 saturated heterocycles. The molecule has 1 aromatic rings. The molecule has 0 aliphatic carbocycles. The number of urea groups is 1. The average Bonchev–Trinajstić information content (AvgIpc) is 2.68. The van der Waals surface area contributed by atoms with Crippen molar-refractivity contribution in [1.82, 2.24) is 10.2 Å². The second-order valence-electron chi connectivity index (χ2n) is 5.68. The highest BCUT2D eigenvalue weighted by atomic mass is 16.5. The van der Waals surface area contributed by atoms with Gasteiger partial charge in [0.1, 0.15) is 23.6 Å². The Morgan fingerprint density at radius 2 is 1.59 bits per heavy atom. The monoisotopic (exact) mass is 306 g/mol. The van der Waals surface area contributed by atoms with Crippen molar-refractivity contribution in [2.24, 2.45) is 0 Å². The van der Waals surface area contributed by atoms with E-state index >= 15 is 0 Å². The Hall–Kier alpha value is -2.24. The number of carbonyl (C=O) groups is 2. The zero-order chi connectivity index (χ0) is 16.2. The number of hydrogen-bond acceptors (Lipinski definition) is 4. The van der Waals surface area contributed by atoms with Crippen LogP contribution in [-0.2, 0) is 4.79 Å². The predicted octanol–water partition coefficient (Wildman–Crippen LogP) is 2.18. The first-order valence-corrected chi connectivity index (χ1v) is 7.44. The number of amides is 3. The molecule has 120 valence electrons. The topological polar surface area (TPSA) is 67.9 Å². The van der Waals surface area contributed by atoms with Crippen molar-refractivity contribution in [3.05, 3.63) is 24.3 Å². The van der Waals surface area contributed by atoms with Crippen LogP contribution in [0.25, 0.3) is 0 Å². The van der Waals surface area contributed by atoms with Crippen LogP contribution >= 0.6 is 0 Å². The number of rotatable bonds is 7. The van der Waals surface area contributed by atoms with Gasteiger partial charge >= 0.3 is 6.03 Å². The molecule has 6 heteroatoms. The van der Waals surface area contributed by atoms with Crippen LogP contribution < -0.4 is 14.8 Å². The third-order valence-corrected chi connectivity index (χ3v) is 3.32. The fourth-order valence-electron chi connectivity index (χ4n) is 2.13. The fraction of sp³-hybridized carbons (Fsp3) is 0.500. The van der Waals surface area contributed by atoms with E-state index < -0.39 is 5.54 Å². The number of carbonyl (C=O) groups excluding carboxylic acids is 2. The van der Waals surface area contributed by atoms with Crippen molar-refractivity contribution in [1.29, 1.82) is 0 Å². The number of imide groups is 1. The molecule has 1 heterocycles. The van der Waals surface area contributed by atoms with E-state index in [1.165, 1.54) is 4.90 Å². The molecule has 1 aliphatic rings. The second kappa shape index (κ2) is 6.68. The third kappa shape index (κ3) is 3.69. The smallest absolute Gasteiger partial charge is 0.325 e. The average molecular weight is 306 g/mol. The van der Waals surface area contributed by atoms with E-state index in [2.05, 4.69) is 12.2 Å². The Kier molecular flexibility index (Phi) is 4.90. The minimum absolute atomic E-state index is 0.224. The molecule has 1 N–H and O–H groups in total. The number of ether oxygens (including phenoxy) is 2. The van der Waals surface area contributed by atoms with Crippen molar-refractivity contribution < 1.29 is 19.1 Å². The Bertz CT molecular complexity index is 540. The molecule has 22 heavy (non-hydrogen) atoms. The summed E-state index contributed by atoms with van der Waals surface area (Å²) < 4.78 is 11.0. The molecule has 0 aromatic heterocycles. The van der Waals surface area contributed by atoms with E-state index in [-0.39, 0.29) is 25.1 Å². The maximum absolute atomic E-state index is 12.0. The Morgan fingerprint density at radius 3 is 2.05 bits per heavy atom. The summed E-state index contributed by atoms with van der Waals surface area (Å²) in [5, 5.41) is 2.63. The van der Waals surface area contributed by atoms with Crippen LogP contribution in [-0.4, -0.2) is 42.1 Å². The van der Waals surface area contributed by atoms with E-state index in [0.717, 1.165) is 12.2 Å². The van der Waals surface area contributed by atoms with E-state index in [9.17, 15) is 9.59 Å². The van der Waals surface area contributed by atoms with Crippen molar-refractivity contribution >= 4 is 11.9 Å². The molecule has 2 rings (SSSR count). The van der Waals surface area contributed by atoms with Crippen molar-refractivity contribution in [2.75, 3.05) is 19.8 Å². The fourth-order valence-corrected chi connectivity index (χ4v) is 2.13. The summed E-state index contributed by atoms with van der Waals surface area (Å²) in [6.45, 7) is 6.58. The minimum Gasteiger partial charge on any atom is -0.494 e. The van der Waals surface area contributed by atoms with Crippen molar-refractivity contribution in [3.63, 3.8) is 0 Å². The quantitative estimate of drug-likeness (QED) is 0.784. The SMILES string of the molecule is CCCOc1ccc(OCCN2C(=O)NC(C)(C)C2=O)cc1. The maximum atomic E-state index is 12.0. The van der Waals surface area contributed by atoms with Crippen LogP contribution in [0.4, 0.5) is 4.79 Å². The number of hydrogen-bond donors (Lipinski definition) is 1. The zero-order valence-electron chi connectivity index (χ0n) is 13.2. The number of nitrogens with zero attached hydrogens (tertiary/aromatic N) is 1. The van der Waals surface area contributed by atoms with Crippen LogP contribution in [0.2, 0.25) is 0 Å². The molecule has 3 amide bonds. The highest BCUT2D eigenvalue weighted by Crippen LogP contribution is 2.19. The number of nitrogens with one attached hydrogen (secondary N) is 1. The molecule has 1 aromatic carbocycles. The second-order valence-corrected chi connectivity index (χ2v) is 5.68. The van der Waals surface area contributed by atoms with Gasteiger partial charge in [-0.2, -0.15) is 0 Å². The highest BCUT2D eigenvalue weighted by molar-refractivity contribution is 6.06. The molecule has 1 fully saturated rings. The molecule has 0 saturated carbocycles. The molecule has 0 atom stereocenters. The summed E-state index contributed by atoms with van der Waals surface area (Å²) in [5.74, 6) is 1.24. The van der Waals surface area contributed by atoms with Gasteiger partial charge in [-0.05, 0) is 44.5 Å². The zero-order valence-corrected chi connectivity index (χ0v) is 13.2. The lowest BCUT2D eigenvalue weighted by Crippen LogP contribution is -2.40. The van der Waals surface area contributed by atoms with Gasteiger partial charge in [-0.25, -0.2) is 4.79 Å². The van der Waals surface area contributed by atoms with Crippen molar-refractivity contribution in [3.8, 4) is 11.5 Å². The Morgan fingerprint density at radius 1 is 1.05 bits per heavy atom. The van der Waals surface area contributed by atoms with Crippen LogP contribution in [0.5, 0.6) is 11.5 Å². The summed E-state index contributed by atoms with van der Waals surface area (Å²) >= 11 is 0. The molecule has 1 aliphatic heterocycles. The first-order valence-electron chi connectivity index (χ1n) is 7.44. The molecule has 6 nitrogen and oxygen atoms in total.